The summed E-state index contributed by atoms with van der Waals surface area (Å²) in [7, 11) is 1.52. The van der Waals surface area contributed by atoms with Crippen molar-refractivity contribution in [3.63, 3.8) is 0 Å². The largest absolute Gasteiger partial charge is 0.383 e. The Morgan fingerprint density at radius 1 is 1.00 bits per heavy atom. The number of rotatable bonds is 6. The maximum Gasteiger partial charge on any atom is 0.255 e. The molecule has 0 radical (unpaired) electrons. The molecule has 0 spiro atoms. The van der Waals surface area contributed by atoms with Crippen molar-refractivity contribution in [2.45, 2.75) is 0 Å². The van der Waals surface area contributed by atoms with Crippen molar-refractivity contribution in [1.29, 1.82) is 0 Å². The molecule has 7 heteroatoms. The van der Waals surface area contributed by atoms with E-state index in [1.165, 1.54) is 25.3 Å². The Bertz CT molecular complexity index is 750. The Kier molecular flexibility index (Phi) is 5.97. The zero-order valence-electron chi connectivity index (χ0n) is 12.9. The molecule has 0 heterocycles. The fourth-order valence-corrected chi connectivity index (χ4v) is 1.95. The SMILES string of the molecule is COCCNC(=O)c1cccc(C(=O)Nc2ccc(F)c(F)c2)c1. The van der Waals surface area contributed by atoms with Crippen LogP contribution >= 0.6 is 0 Å². The van der Waals surface area contributed by atoms with E-state index >= 15 is 0 Å². The van der Waals surface area contributed by atoms with E-state index in [2.05, 4.69) is 10.6 Å². The highest BCUT2D eigenvalue weighted by Gasteiger charge is 2.11. The molecule has 0 saturated heterocycles. The van der Waals surface area contributed by atoms with Gasteiger partial charge in [-0.15, -0.1) is 0 Å². The number of anilines is 1. The topological polar surface area (TPSA) is 67.4 Å². The third-order valence-electron chi connectivity index (χ3n) is 3.16. The van der Waals surface area contributed by atoms with E-state index in [4.69, 9.17) is 4.74 Å². The van der Waals surface area contributed by atoms with Gasteiger partial charge in [0.15, 0.2) is 11.6 Å². The van der Waals surface area contributed by atoms with Crippen molar-refractivity contribution in [1.82, 2.24) is 5.32 Å². The number of ether oxygens (including phenoxy) is 1. The second-order valence-corrected chi connectivity index (χ2v) is 4.91. The number of amides is 2. The van der Waals surface area contributed by atoms with E-state index in [1.54, 1.807) is 12.1 Å². The summed E-state index contributed by atoms with van der Waals surface area (Å²) >= 11 is 0. The van der Waals surface area contributed by atoms with Gasteiger partial charge < -0.3 is 15.4 Å². The molecule has 5 nitrogen and oxygen atoms in total. The number of benzene rings is 2. The quantitative estimate of drug-likeness (QED) is 0.798. The van der Waals surface area contributed by atoms with Crippen molar-refractivity contribution >= 4 is 17.5 Å². The highest BCUT2D eigenvalue weighted by Crippen LogP contribution is 2.15. The Morgan fingerprint density at radius 3 is 2.38 bits per heavy atom. The number of hydrogen-bond donors (Lipinski definition) is 2. The molecule has 24 heavy (non-hydrogen) atoms. The lowest BCUT2D eigenvalue weighted by Gasteiger charge is -2.08. The highest BCUT2D eigenvalue weighted by atomic mass is 19.2. The summed E-state index contributed by atoms with van der Waals surface area (Å²) in [4.78, 5) is 24.1. The minimum Gasteiger partial charge on any atom is -0.383 e. The van der Waals surface area contributed by atoms with Gasteiger partial charge in [-0.05, 0) is 30.3 Å². The molecule has 0 atom stereocenters. The third kappa shape index (κ3) is 4.60. The van der Waals surface area contributed by atoms with Gasteiger partial charge in [-0.3, -0.25) is 9.59 Å². The second kappa shape index (κ2) is 8.16. The average Bonchev–Trinajstić information content (AvgIpc) is 2.58. The first kappa shape index (κ1) is 17.6. The van der Waals surface area contributed by atoms with Gasteiger partial charge in [0.05, 0.1) is 6.61 Å². The highest BCUT2D eigenvalue weighted by molar-refractivity contribution is 6.06. The van der Waals surface area contributed by atoms with Crippen LogP contribution in [0.2, 0.25) is 0 Å². The normalized spacial score (nSPS) is 10.3. The van der Waals surface area contributed by atoms with E-state index in [-0.39, 0.29) is 17.2 Å². The Labute approximate surface area is 137 Å². The molecule has 0 aliphatic heterocycles. The summed E-state index contributed by atoms with van der Waals surface area (Å²) in [5.41, 5.74) is 0.650. The zero-order valence-corrected chi connectivity index (χ0v) is 12.9. The predicted octanol–water partition coefficient (Wildman–Crippen LogP) is 2.59. The summed E-state index contributed by atoms with van der Waals surface area (Å²) in [6, 6.07) is 9.11. The van der Waals surface area contributed by atoms with Gasteiger partial charge >= 0.3 is 0 Å². The molecule has 2 amide bonds. The molecule has 2 N–H and O–H groups in total. The minimum atomic E-state index is -1.06. The Morgan fingerprint density at radius 2 is 1.71 bits per heavy atom. The van der Waals surface area contributed by atoms with Crippen LogP contribution in [0.3, 0.4) is 0 Å². The lowest BCUT2D eigenvalue weighted by Crippen LogP contribution is -2.27. The second-order valence-electron chi connectivity index (χ2n) is 4.91. The van der Waals surface area contributed by atoms with Crippen LogP contribution in [0.15, 0.2) is 42.5 Å². The number of hydrogen-bond acceptors (Lipinski definition) is 3. The molecule has 126 valence electrons. The molecule has 0 aromatic heterocycles. The van der Waals surface area contributed by atoms with Crippen molar-refractivity contribution < 1.29 is 23.1 Å². The van der Waals surface area contributed by atoms with Crippen LogP contribution in [0.4, 0.5) is 14.5 Å². The van der Waals surface area contributed by atoms with Crippen LogP contribution < -0.4 is 10.6 Å². The van der Waals surface area contributed by atoms with Crippen molar-refractivity contribution in [3.8, 4) is 0 Å². The van der Waals surface area contributed by atoms with Gasteiger partial charge in [0.1, 0.15) is 0 Å². The molecular weight excluding hydrogens is 318 g/mol. The van der Waals surface area contributed by atoms with Gasteiger partial charge in [-0.25, -0.2) is 8.78 Å². The van der Waals surface area contributed by atoms with Crippen molar-refractivity contribution in [2.75, 3.05) is 25.6 Å². The molecule has 0 fully saturated rings. The minimum absolute atomic E-state index is 0.119. The van der Waals surface area contributed by atoms with Gasteiger partial charge in [0, 0.05) is 36.5 Å². The third-order valence-corrected chi connectivity index (χ3v) is 3.16. The maximum atomic E-state index is 13.2. The lowest BCUT2D eigenvalue weighted by atomic mass is 10.1. The summed E-state index contributed by atoms with van der Waals surface area (Å²) in [5.74, 6) is -2.93. The Hall–Kier alpha value is -2.80. The number of halogens is 2. The van der Waals surface area contributed by atoms with E-state index in [0.29, 0.717) is 18.7 Å². The van der Waals surface area contributed by atoms with E-state index in [9.17, 15) is 18.4 Å². The van der Waals surface area contributed by atoms with Crippen LogP contribution in [0.5, 0.6) is 0 Å². The van der Waals surface area contributed by atoms with Crippen molar-refractivity contribution in [2.24, 2.45) is 0 Å². The fraction of sp³-hybridized carbons (Fsp3) is 0.176. The number of carbonyl (C=O) groups excluding carboxylic acids is 2. The van der Waals surface area contributed by atoms with Gasteiger partial charge in [0.25, 0.3) is 11.8 Å². The summed E-state index contributed by atoms with van der Waals surface area (Å²) in [6.45, 7) is 0.725. The van der Waals surface area contributed by atoms with Gasteiger partial charge in [-0.2, -0.15) is 0 Å². The molecule has 0 bridgehead atoms. The van der Waals surface area contributed by atoms with Gasteiger partial charge in [0.2, 0.25) is 0 Å². The number of nitrogens with one attached hydrogen (secondary N) is 2. The average molecular weight is 334 g/mol. The maximum absolute atomic E-state index is 13.2. The molecule has 0 unspecified atom stereocenters. The smallest absolute Gasteiger partial charge is 0.255 e. The van der Waals surface area contributed by atoms with Crippen LogP contribution in [0.1, 0.15) is 20.7 Å². The van der Waals surface area contributed by atoms with E-state index < -0.39 is 17.5 Å². The standard InChI is InChI=1S/C17H16F2N2O3/c1-24-8-7-20-16(22)11-3-2-4-12(9-11)17(23)21-13-5-6-14(18)15(19)10-13/h2-6,9-10H,7-8H2,1H3,(H,20,22)(H,21,23). The first-order chi connectivity index (χ1) is 11.5. The molecule has 0 aliphatic carbocycles. The molecular formula is C17H16F2N2O3. The predicted molar refractivity (Wildman–Crippen MR) is 85.0 cm³/mol. The molecule has 0 saturated carbocycles. The van der Waals surface area contributed by atoms with Crippen LogP contribution in [-0.4, -0.2) is 32.1 Å². The Balaban J connectivity index is 2.08. The summed E-state index contributed by atoms with van der Waals surface area (Å²) < 4.78 is 30.9. The van der Waals surface area contributed by atoms with Crippen LogP contribution in [0.25, 0.3) is 0 Å². The number of methoxy groups -OCH3 is 1. The monoisotopic (exact) mass is 334 g/mol. The number of carbonyl (C=O) groups is 2. The van der Waals surface area contributed by atoms with Crippen molar-refractivity contribution in [3.05, 3.63) is 65.2 Å². The summed E-state index contributed by atoms with van der Waals surface area (Å²) in [5, 5.41) is 5.09. The molecule has 2 aromatic rings. The fourth-order valence-electron chi connectivity index (χ4n) is 1.95. The van der Waals surface area contributed by atoms with Crippen LogP contribution in [0, 0.1) is 11.6 Å². The molecule has 0 aliphatic rings. The first-order valence-corrected chi connectivity index (χ1v) is 7.15. The zero-order chi connectivity index (χ0) is 17.5. The van der Waals surface area contributed by atoms with Gasteiger partial charge in [-0.1, -0.05) is 6.07 Å². The first-order valence-electron chi connectivity index (χ1n) is 7.15. The van der Waals surface area contributed by atoms with E-state index in [0.717, 1.165) is 12.1 Å². The van der Waals surface area contributed by atoms with Crippen LogP contribution in [-0.2, 0) is 4.74 Å². The molecule has 2 aromatic carbocycles. The summed E-state index contributed by atoms with van der Waals surface area (Å²) in [6.07, 6.45) is 0. The lowest BCUT2D eigenvalue weighted by molar-refractivity contribution is 0.0937. The molecule has 2 rings (SSSR count). The van der Waals surface area contributed by atoms with E-state index in [1.807, 2.05) is 0 Å².